The molecule has 2 amide bonds. The molecular formula is C22H20Cl2N4O2. The number of rotatable bonds is 5. The zero-order chi connectivity index (χ0) is 21.1. The van der Waals surface area contributed by atoms with Gasteiger partial charge in [-0.15, -0.1) is 0 Å². The quantitative estimate of drug-likeness (QED) is 0.632. The van der Waals surface area contributed by atoms with E-state index in [1.807, 2.05) is 30.3 Å². The van der Waals surface area contributed by atoms with Gasteiger partial charge in [-0.05, 0) is 36.6 Å². The fraction of sp³-hybridized carbons (Fsp3) is 0.227. The maximum Gasteiger partial charge on any atom is 0.254 e. The Morgan fingerprint density at radius 2 is 1.87 bits per heavy atom. The number of halogens is 2. The summed E-state index contributed by atoms with van der Waals surface area (Å²) < 4.78 is 1.65. The Kier molecular flexibility index (Phi) is 6.06. The molecule has 0 bridgehead atoms. The van der Waals surface area contributed by atoms with E-state index in [2.05, 4.69) is 10.4 Å². The Morgan fingerprint density at radius 3 is 2.67 bits per heavy atom. The summed E-state index contributed by atoms with van der Waals surface area (Å²) in [6.07, 6.45) is 3.02. The predicted molar refractivity (Wildman–Crippen MR) is 117 cm³/mol. The predicted octanol–water partition coefficient (Wildman–Crippen LogP) is 4.48. The van der Waals surface area contributed by atoms with Gasteiger partial charge in [0.25, 0.3) is 5.91 Å². The zero-order valence-electron chi connectivity index (χ0n) is 16.1. The van der Waals surface area contributed by atoms with Crippen molar-refractivity contribution in [2.75, 3.05) is 11.9 Å². The van der Waals surface area contributed by atoms with E-state index < -0.39 is 6.04 Å². The van der Waals surface area contributed by atoms with Gasteiger partial charge < -0.3 is 10.2 Å². The smallest absolute Gasteiger partial charge is 0.254 e. The zero-order valence-corrected chi connectivity index (χ0v) is 17.6. The number of aromatic nitrogens is 2. The van der Waals surface area contributed by atoms with Gasteiger partial charge in [-0.25, -0.2) is 4.68 Å². The second kappa shape index (κ2) is 8.90. The molecule has 30 heavy (non-hydrogen) atoms. The van der Waals surface area contributed by atoms with Crippen molar-refractivity contribution in [2.45, 2.75) is 25.4 Å². The molecule has 0 radical (unpaired) electrons. The largest absolute Gasteiger partial charge is 0.327 e. The lowest BCUT2D eigenvalue weighted by atomic mass is 10.1. The van der Waals surface area contributed by atoms with Gasteiger partial charge >= 0.3 is 0 Å². The summed E-state index contributed by atoms with van der Waals surface area (Å²) in [7, 11) is 0. The van der Waals surface area contributed by atoms with Crippen molar-refractivity contribution in [3.8, 4) is 0 Å². The lowest BCUT2D eigenvalue weighted by molar-refractivity contribution is -0.119. The lowest BCUT2D eigenvalue weighted by Gasteiger charge is -2.24. The van der Waals surface area contributed by atoms with Gasteiger partial charge in [0.2, 0.25) is 5.91 Å². The van der Waals surface area contributed by atoms with Crippen LogP contribution in [0.1, 0.15) is 28.8 Å². The first kappa shape index (κ1) is 20.4. The average molecular weight is 443 g/mol. The number of hydrogen-bond acceptors (Lipinski definition) is 3. The molecule has 6 nitrogen and oxygen atoms in total. The highest BCUT2D eigenvalue weighted by Crippen LogP contribution is 2.27. The van der Waals surface area contributed by atoms with Gasteiger partial charge in [0.1, 0.15) is 11.9 Å². The van der Waals surface area contributed by atoms with Crippen LogP contribution in [0, 0.1) is 0 Å². The monoisotopic (exact) mass is 442 g/mol. The van der Waals surface area contributed by atoms with Crippen molar-refractivity contribution in [1.29, 1.82) is 0 Å². The van der Waals surface area contributed by atoms with E-state index in [1.165, 1.54) is 0 Å². The van der Waals surface area contributed by atoms with Crippen LogP contribution in [0.15, 0.2) is 60.8 Å². The van der Waals surface area contributed by atoms with E-state index in [1.54, 1.807) is 40.0 Å². The van der Waals surface area contributed by atoms with E-state index >= 15 is 0 Å². The summed E-state index contributed by atoms with van der Waals surface area (Å²) in [5.41, 5.74) is 1.38. The fourth-order valence-electron chi connectivity index (χ4n) is 3.64. The van der Waals surface area contributed by atoms with Crippen molar-refractivity contribution in [3.05, 3.63) is 82.0 Å². The molecule has 1 aliphatic rings. The van der Waals surface area contributed by atoms with Crippen molar-refractivity contribution in [1.82, 2.24) is 14.7 Å². The molecule has 1 atom stereocenters. The Balaban J connectivity index is 1.48. The molecule has 1 fully saturated rings. The molecule has 1 aliphatic heterocycles. The summed E-state index contributed by atoms with van der Waals surface area (Å²) in [4.78, 5) is 27.5. The number of hydrogen-bond donors (Lipinski definition) is 1. The standard InChI is InChI=1S/C22H20Cl2N4O2/c23-17-9-4-8-16(20(17)24)14-28-19(11-12-25-28)26-21(29)18-10-5-13-27(18)22(30)15-6-2-1-3-7-15/h1-4,6-9,11-12,18H,5,10,13-14H2,(H,26,29)/t18-/m0/s1. The van der Waals surface area contributed by atoms with E-state index in [0.717, 1.165) is 12.0 Å². The van der Waals surface area contributed by atoms with Crippen molar-refractivity contribution in [2.24, 2.45) is 0 Å². The summed E-state index contributed by atoms with van der Waals surface area (Å²) in [5.74, 6) is 0.179. The molecule has 0 aliphatic carbocycles. The first-order valence-corrected chi connectivity index (χ1v) is 10.4. The van der Waals surface area contributed by atoms with Crippen LogP contribution in [0.2, 0.25) is 10.0 Å². The highest BCUT2D eigenvalue weighted by atomic mass is 35.5. The van der Waals surface area contributed by atoms with Gasteiger partial charge in [-0.2, -0.15) is 5.10 Å². The Labute approximate surface area is 184 Å². The Bertz CT molecular complexity index is 1070. The second-order valence-corrected chi connectivity index (χ2v) is 7.88. The van der Waals surface area contributed by atoms with E-state index in [-0.39, 0.29) is 11.8 Å². The molecule has 0 spiro atoms. The van der Waals surface area contributed by atoms with Gasteiger partial charge in [0.05, 0.1) is 22.8 Å². The van der Waals surface area contributed by atoms with Crippen molar-refractivity contribution < 1.29 is 9.59 Å². The maximum absolute atomic E-state index is 13.0. The average Bonchev–Trinajstić information content (AvgIpc) is 3.41. The van der Waals surface area contributed by atoms with Gasteiger partial charge in [-0.3, -0.25) is 9.59 Å². The Morgan fingerprint density at radius 1 is 1.07 bits per heavy atom. The molecule has 4 rings (SSSR count). The molecule has 1 saturated heterocycles. The second-order valence-electron chi connectivity index (χ2n) is 7.10. The molecule has 0 unspecified atom stereocenters. The lowest BCUT2D eigenvalue weighted by Crippen LogP contribution is -2.43. The highest BCUT2D eigenvalue weighted by molar-refractivity contribution is 6.42. The summed E-state index contributed by atoms with van der Waals surface area (Å²) in [6, 6.07) is 15.6. The number of benzene rings is 2. The van der Waals surface area contributed by atoms with Crippen LogP contribution in [0.3, 0.4) is 0 Å². The summed E-state index contributed by atoms with van der Waals surface area (Å²) >= 11 is 12.4. The van der Waals surface area contributed by atoms with Gasteiger partial charge in [-0.1, -0.05) is 53.5 Å². The number of carbonyl (C=O) groups excluding carboxylic acids is 2. The van der Waals surface area contributed by atoms with Crippen LogP contribution in [-0.2, 0) is 11.3 Å². The number of likely N-dealkylation sites (tertiary alicyclic amines) is 1. The van der Waals surface area contributed by atoms with E-state index in [4.69, 9.17) is 23.2 Å². The van der Waals surface area contributed by atoms with Crippen LogP contribution in [0.25, 0.3) is 0 Å². The molecule has 154 valence electrons. The number of nitrogens with zero attached hydrogens (tertiary/aromatic N) is 3. The Hall–Kier alpha value is -2.83. The number of amides is 2. The summed E-state index contributed by atoms with van der Waals surface area (Å²) in [5, 5.41) is 8.12. The first-order valence-electron chi connectivity index (χ1n) is 9.66. The number of nitrogens with one attached hydrogen (secondary N) is 1. The van der Waals surface area contributed by atoms with Crippen molar-refractivity contribution >= 4 is 40.8 Å². The van der Waals surface area contributed by atoms with Crippen LogP contribution >= 0.6 is 23.2 Å². The first-order chi connectivity index (χ1) is 14.5. The minimum atomic E-state index is -0.518. The third-order valence-electron chi connectivity index (χ3n) is 5.16. The maximum atomic E-state index is 13.0. The molecule has 8 heteroatoms. The molecule has 3 aromatic rings. The van der Waals surface area contributed by atoms with Crippen LogP contribution in [0.4, 0.5) is 5.82 Å². The van der Waals surface area contributed by atoms with Crippen LogP contribution in [0.5, 0.6) is 0 Å². The molecule has 1 N–H and O–H groups in total. The number of carbonyl (C=O) groups is 2. The molecule has 0 saturated carbocycles. The summed E-state index contributed by atoms with van der Waals surface area (Å²) in [6.45, 7) is 0.919. The minimum absolute atomic E-state index is 0.132. The van der Waals surface area contributed by atoms with Crippen molar-refractivity contribution in [3.63, 3.8) is 0 Å². The fourth-order valence-corrected chi connectivity index (χ4v) is 4.02. The van der Waals surface area contributed by atoms with E-state index in [0.29, 0.717) is 40.9 Å². The normalized spacial score (nSPS) is 15.9. The van der Waals surface area contributed by atoms with Gasteiger partial charge in [0, 0.05) is 18.2 Å². The molecule has 2 heterocycles. The SMILES string of the molecule is O=C(Nc1ccnn1Cc1cccc(Cl)c1Cl)[C@@H]1CCCN1C(=O)c1ccccc1. The molecule has 1 aromatic heterocycles. The van der Waals surface area contributed by atoms with E-state index in [9.17, 15) is 9.59 Å². The van der Waals surface area contributed by atoms with Crippen LogP contribution < -0.4 is 5.32 Å². The highest BCUT2D eigenvalue weighted by Gasteiger charge is 2.34. The minimum Gasteiger partial charge on any atom is -0.327 e. The topological polar surface area (TPSA) is 67.2 Å². The van der Waals surface area contributed by atoms with Crippen LogP contribution in [-0.4, -0.2) is 39.1 Å². The molecule has 2 aromatic carbocycles. The third-order valence-corrected chi connectivity index (χ3v) is 6.01. The van der Waals surface area contributed by atoms with Gasteiger partial charge in [0.15, 0.2) is 0 Å². The number of anilines is 1. The third kappa shape index (κ3) is 4.20. The molecular weight excluding hydrogens is 423 g/mol.